The van der Waals surface area contributed by atoms with Gasteiger partial charge in [-0.05, 0) is 115 Å². The molecule has 4 fully saturated rings. The molecular formula is C37H54O3. The quantitative estimate of drug-likeness (QED) is 0.304. The topological polar surface area (TPSA) is 46.5 Å². The van der Waals surface area contributed by atoms with Gasteiger partial charge in [0, 0.05) is 0 Å². The first-order valence-corrected chi connectivity index (χ1v) is 16.4. The molecular weight excluding hydrogens is 492 g/mol. The summed E-state index contributed by atoms with van der Waals surface area (Å²) in [6.45, 7) is 17.7. The molecule has 220 valence electrons. The molecule has 0 radical (unpaired) electrons. The predicted molar refractivity (Wildman–Crippen MR) is 161 cm³/mol. The second-order valence-corrected chi connectivity index (χ2v) is 16.4. The first-order valence-electron chi connectivity index (χ1n) is 16.4. The van der Waals surface area contributed by atoms with Gasteiger partial charge in [-0.1, -0.05) is 90.4 Å². The molecule has 40 heavy (non-hydrogen) atoms. The number of aliphatic hydroxyl groups excluding tert-OH is 1. The molecule has 5 aliphatic rings. The maximum absolute atomic E-state index is 14.2. The van der Waals surface area contributed by atoms with Gasteiger partial charge in [0.05, 0.1) is 11.5 Å². The van der Waals surface area contributed by atoms with Gasteiger partial charge in [-0.3, -0.25) is 4.79 Å². The van der Waals surface area contributed by atoms with E-state index in [2.05, 4.69) is 66.7 Å². The second kappa shape index (κ2) is 9.45. The first kappa shape index (κ1) is 28.5. The lowest BCUT2D eigenvalue weighted by molar-refractivity contribution is -0.203. The van der Waals surface area contributed by atoms with E-state index in [1.807, 2.05) is 18.2 Å². The number of ether oxygens (including phenoxy) is 1. The fourth-order valence-corrected chi connectivity index (χ4v) is 12.0. The molecule has 10 atom stereocenters. The highest BCUT2D eigenvalue weighted by molar-refractivity contribution is 5.79. The number of allylic oxidation sites excluding steroid dienone is 2. The van der Waals surface area contributed by atoms with Crippen LogP contribution in [-0.2, 0) is 16.1 Å². The Bertz CT molecular complexity index is 1170. The Morgan fingerprint density at radius 3 is 2.38 bits per heavy atom. The van der Waals surface area contributed by atoms with Crippen molar-refractivity contribution >= 4 is 5.97 Å². The maximum atomic E-state index is 14.2. The molecule has 0 aliphatic heterocycles. The number of aliphatic hydroxyl groups is 1. The monoisotopic (exact) mass is 546 g/mol. The van der Waals surface area contributed by atoms with E-state index < -0.39 is 5.41 Å². The van der Waals surface area contributed by atoms with Gasteiger partial charge in [-0.25, -0.2) is 0 Å². The van der Waals surface area contributed by atoms with Crippen molar-refractivity contribution in [2.24, 2.45) is 56.7 Å². The fourth-order valence-electron chi connectivity index (χ4n) is 12.0. The molecule has 0 amide bonds. The summed E-state index contributed by atoms with van der Waals surface area (Å²) >= 11 is 0. The van der Waals surface area contributed by atoms with E-state index in [1.54, 1.807) is 5.57 Å². The third-order valence-electron chi connectivity index (χ3n) is 14.3. The lowest BCUT2D eigenvalue weighted by Gasteiger charge is -2.71. The fraction of sp³-hybridized carbons (Fsp3) is 0.757. The molecule has 0 heterocycles. The van der Waals surface area contributed by atoms with E-state index in [-0.39, 0.29) is 39.7 Å². The van der Waals surface area contributed by atoms with Crippen LogP contribution in [0.1, 0.15) is 112 Å². The Labute approximate surface area is 243 Å². The van der Waals surface area contributed by atoms with Crippen LogP contribution in [0.5, 0.6) is 0 Å². The maximum Gasteiger partial charge on any atom is 0.313 e. The Hall–Kier alpha value is -1.61. The summed E-state index contributed by atoms with van der Waals surface area (Å²) in [5.41, 5.74) is 2.83. The second-order valence-electron chi connectivity index (χ2n) is 16.4. The molecule has 5 aliphatic carbocycles. The summed E-state index contributed by atoms with van der Waals surface area (Å²) in [4.78, 5) is 14.2. The minimum Gasteiger partial charge on any atom is -0.460 e. The molecule has 1 N–H and O–H groups in total. The van der Waals surface area contributed by atoms with E-state index in [1.165, 1.54) is 12.8 Å². The summed E-state index contributed by atoms with van der Waals surface area (Å²) in [7, 11) is 0. The lowest BCUT2D eigenvalue weighted by atomic mass is 9.33. The van der Waals surface area contributed by atoms with Crippen LogP contribution in [-0.4, -0.2) is 17.2 Å². The Kier molecular flexibility index (Phi) is 6.73. The van der Waals surface area contributed by atoms with Crippen LogP contribution in [0.4, 0.5) is 0 Å². The van der Waals surface area contributed by atoms with Crippen molar-refractivity contribution in [2.45, 2.75) is 119 Å². The number of hydrogen-bond acceptors (Lipinski definition) is 3. The predicted octanol–water partition coefficient (Wildman–Crippen LogP) is 8.75. The van der Waals surface area contributed by atoms with E-state index in [9.17, 15) is 9.90 Å². The zero-order valence-electron chi connectivity index (χ0n) is 26.3. The van der Waals surface area contributed by atoms with Gasteiger partial charge in [-0.15, -0.1) is 0 Å². The van der Waals surface area contributed by atoms with Crippen LogP contribution in [0.25, 0.3) is 0 Å². The zero-order chi connectivity index (χ0) is 28.7. The van der Waals surface area contributed by atoms with Gasteiger partial charge < -0.3 is 9.84 Å². The normalized spacial score (nSPS) is 47.5. The van der Waals surface area contributed by atoms with Gasteiger partial charge in [0.2, 0.25) is 0 Å². The summed E-state index contributed by atoms with van der Waals surface area (Å²) < 4.78 is 6.18. The van der Waals surface area contributed by atoms with Crippen molar-refractivity contribution in [2.75, 3.05) is 0 Å². The van der Waals surface area contributed by atoms with Crippen LogP contribution >= 0.6 is 0 Å². The molecule has 0 saturated heterocycles. The van der Waals surface area contributed by atoms with Crippen LogP contribution < -0.4 is 0 Å². The van der Waals surface area contributed by atoms with Crippen molar-refractivity contribution in [1.82, 2.24) is 0 Å². The van der Waals surface area contributed by atoms with Crippen molar-refractivity contribution in [1.29, 1.82) is 0 Å². The number of carbonyl (C=O) groups excluding carboxylic acids is 1. The molecule has 3 nitrogen and oxygen atoms in total. The van der Waals surface area contributed by atoms with Crippen LogP contribution in [0.3, 0.4) is 0 Å². The standard InChI is InChI=1S/C37H54O3/c1-24-15-18-37(32(39)40-23-26-11-9-8-10-12-26)20-19-35(6)28(31(37)25(24)2)13-14-30-34(5)22-27(38)21-33(3,4)29(34)16-17-36(30,35)7/h8-13,24-25,27,29-31,38H,14-23H2,1-7H3/t24-,25+,27-,29+,30-,31+,34+,35-,36-,37+/m1/s1. The number of rotatable bonds is 3. The third-order valence-corrected chi connectivity index (χ3v) is 14.3. The van der Waals surface area contributed by atoms with Crippen molar-refractivity contribution in [3.63, 3.8) is 0 Å². The first-order chi connectivity index (χ1) is 18.8. The molecule has 3 heteroatoms. The molecule has 0 aromatic heterocycles. The molecule has 1 aromatic carbocycles. The van der Waals surface area contributed by atoms with Gasteiger partial charge in [0.1, 0.15) is 6.61 Å². The number of esters is 1. The van der Waals surface area contributed by atoms with Crippen molar-refractivity contribution in [3.8, 4) is 0 Å². The summed E-state index contributed by atoms with van der Waals surface area (Å²) in [5, 5.41) is 11.1. The largest absolute Gasteiger partial charge is 0.460 e. The smallest absolute Gasteiger partial charge is 0.313 e. The summed E-state index contributed by atoms with van der Waals surface area (Å²) in [5.74, 6) is 2.60. The molecule has 0 bridgehead atoms. The Morgan fingerprint density at radius 2 is 1.65 bits per heavy atom. The van der Waals surface area contributed by atoms with E-state index in [0.29, 0.717) is 30.3 Å². The van der Waals surface area contributed by atoms with E-state index >= 15 is 0 Å². The minimum absolute atomic E-state index is 0.0446. The highest BCUT2D eigenvalue weighted by Gasteiger charge is 2.69. The highest BCUT2D eigenvalue weighted by atomic mass is 16.5. The Balaban J connectivity index is 1.38. The van der Waals surface area contributed by atoms with E-state index in [4.69, 9.17) is 4.74 Å². The van der Waals surface area contributed by atoms with E-state index in [0.717, 1.165) is 50.5 Å². The molecule has 0 unspecified atom stereocenters. The summed E-state index contributed by atoms with van der Waals surface area (Å²) in [6, 6.07) is 10.2. The Morgan fingerprint density at radius 1 is 0.925 bits per heavy atom. The molecule has 4 saturated carbocycles. The van der Waals surface area contributed by atoms with Gasteiger partial charge in [0.25, 0.3) is 0 Å². The van der Waals surface area contributed by atoms with Gasteiger partial charge in [0.15, 0.2) is 0 Å². The summed E-state index contributed by atoms with van der Waals surface area (Å²) in [6.07, 6.45) is 12.0. The molecule has 1 aromatic rings. The van der Waals surface area contributed by atoms with Crippen LogP contribution in [0.15, 0.2) is 42.0 Å². The van der Waals surface area contributed by atoms with Crippen LogP contribution in [0.2, 0.25) is 0 Å². The van der Waals surface area contributed by atoms with Gasteiger partial charge >= 0.3 is 5.97 Å². The average Bonchev–Trinajstić information content (AvgIpc) is 2.89. The molecule has 0 spiro atoms. The third kappa shape index (κ3) is 3.88. The SMILES string of the molecule is C[C@H]1[C@H](C)CC[C@]2(C(=O)OCc3ccccc3)CC[C@]3(C)C(=CC[C@@H]4[C@@]5(C)C[C@H](O)CC(C)(C)[C@@H]5CC[C@]43C)[C@H]12. The van der Waals surface area contributed by atoms with Crippen molar-refractivity contribution in [3.05, 3.63) is 47.5 Å². The lowest BCUT2D eigenvalue weighted by Crippen LogP contribution is -2.65. The van der Waals surface area contributed by atoms with Crippen LogP contribution in [0, 0.1) is 56.7 Å². The average molecular weight is 547 g/mol. The number of hydrogen-bond donors (Lipinski definition) is 1. The number of benzene rings is 1. The van der Waals surface area contributed by atoms with Gasteiger partial charge in [-0.2, -0.15) is 0 Å². The minimum atomic E-state index is -0.403. The number of fused-ring (bicyclic) bond motifs is 7. The zero-order valence-corrected chi connectivity index (χ0v) is 26.3. The number of carbonyl (C=O) groups is 1. The molecule has 6 rings (SSSR count). The van der Waals surface area contributed by atoms with Crippen molar-refractivity contribution < 1.29 is 14.6 Å². The highest BCUT2D eigenvalue weighted by Crippen LogP contribution is 2.75.